The molecule has 0 aromatic carbocycles. The molecule has 2 rings (SSSR count). The number of aryl methyl sites for hydroxylation is 1. The van der Waals surface area contributed by atoms with Gasteiger partial charge in [-0.3, -0.25) is 4.98 Å². The SMILES string of the molecule is C=C/C=C\c1sc2cccnc2c1C. The molecular formula is C12H11NS. The molecule has 2 heteroatoms. The van der Waals surface area contributed by atoms with E-state index in [9.17, 15) is 0 Å². The van der Waals surface area contributed by atoms with Crippen LogP contribution >= 0.6 is 11.3 Å². The average molecular weight is 201 g/mol. The van der Waals surface area contributed by atoms with Crippen LogP contribution in [0, 0.1) is 6.92 Å². The Labute approximate surface area is 87.4 Å². The van der Waals surface area contributed by atoms with Crippen molar-refractivity contribution in [3.8, 4) is 0 Å². The smallest absolute Gasteiger partial charge is 0.0845 e. The molecule has 0 radical (unpaired) electrons. The van der Waals surface area contributed by atoms with Crippen LogP contribution in [0.25, 0.3) is 16.3 Å². The Kier molecular flexibility index (Phi) is 2.46. The van der Waals surface area contributed by atoms with Crippen molar-refractivity contribution in [3.05, 3.63) is 47.5 Å². The molecule has 0 fully saturated rings. The maximum absolute atomic E-state index is 4.36. The quantitative estimate of drug-likeness (QED) is 0.673. The van der Waals surface area contributed by atoms with E-state index in [0.29, 0.717) is 0 Å². The largest absolute Gasteiger partial charge is 0.255 e. The molecule has 0 atom stereocenters. The predicted octanol–water partition coefficient (Wildman–Crippen LogP) is 3.80. The minimum absolute atomic E-state index is 1.11. The number of rotatable bonds is 2. The lowest BCUT2D eigenvalue weighted by molar-refractivity contribution is 1.39. The summed E-state index contributed by atoms with van der Waals surface area (Å²) in [5.41, 5.74) is 2.37. The fourth-order valence-electron chi connectivity index (χ4n) is 1.38. The zero-order valence-corrected chi connectivity index (χ0v) is 8.84. The molecule has 0 saturated carbocycles. The van der Waals surface area contributed by atoms with Gasteiger partial charge < -0.3 is 0 Å². The standard InChI is InChI=1S/C12H11NS/c1-3-4-6-10-9(2)12-11(14-10)7-5-8-13-12/h3-8H,1H2,2H3/b6-4-. The van der Waals surface area contributed by atoms with Gasteiger partial charge in [0.25, 0.3) is 0 Å². The minimum Gasteiger partial charge on any atom is -0.255 e. The molecule has 2 aromatic heterocycles. The van der Waals surface area contributed by atoms with Gasteiger partial charge in [-0.2, -0.15) is 0 Å². The van der Waals surface area contributed by atoms with E-state index in [1.165, 1.54) is 15.1 Å². The molecule has 70 valence electrons. The lowest BCUT2D eigenvalue weighted by Gasteiger charge is -1.89. The maximum Gasteiger partial charge on any atom is 0.0845 e. The highest BCUT2D eigenvalue weighted by Crippen LogP contribution is 2.29. The second-order valence-corrected chi connectivity index (χ2v) is 4.12. The average Bonchev–Trinajstić information content (AvgIpc) is 2.54. The maximum atomic E-state index is 4.36. The molecule has 0 N–H and O–H groups in total. The molecule has 0 spiro atoms. The fraction of sp³-hybridized carbons (Fsp3) is 0.0833. The van der Waals surface area contributed by atoms with Crippen molar-refractivity contribution in [2.45, 2.75) is 6.92 Å². The van der Waals surface area contributed by atoms with E-state index < -0.39 is 0 Å². The van der Waals surface area contributed by atoms with Crippen LogP contribution in [0.4, 0.5) is 0 Å². The first-order valence-corrected chi connectivity index (χ1v) is 5.28. The Morgan fingerprint density at radius 3 is 3.07 bits per heavy atom. The molecule has 14 heavy (non-hydrogen) atoms. The van der Waals surface area contributed by atoms with E-state index in [-0.39, 0.29) is 0 Å². The Bertz CT molecular complexity index is 494. The molecule has 0 aliphatic carbocycles. The molecule has 0 aliphatic heterocycles. The van der Waals surface area contributed by atoms with Crippen LogP contribution in [-0.4, -0.2) is 4.98 Å². The first-order chi connectivity index (χ1) is 6.83. The monoisotopic (exact) mass is 201 g/mol. The van der Waals surface area contributed by atoms with Crippen molar-refractivity contribution in [3.63, 3.8) is 0 Å². The van der Waals surface area contributed by atoms with Gasteiger partial charge in [0.2, 0.25) is 0 Å². The summed E-state index contributed by atoms with van der Waals surface area (Å²) in [5, 5.41) is 0. The van der Waals surface area contributed by atoms with E-state index in [0.717, 1.165) is 5.52 Å². The van der Waals surface area contributed by atoms with Gasteiger partial charge in [-0.1, -0.05) is 18.7 Å². The highest BCUT2D eigenvalue weighted by molar-refractivity contribution is 7.20. The summed E-state index contributed by atoms with van der Waals surface area (Å²) in [4.78, 5) is 5.62. The van der Waals surface area contributed by atoms with Crippen LogP contribution in [0.2, 0.25) is 0 Å². The summed E-state index contributed by atoms with van der Waals surface area (Å²) in [6.45, 7) is 5.77. The van der Waals surface area contributed by atoms with Gasteiger partial charge in [0.15, 0.2) is 0 Å². The Morgan fingerprint density at radius 1 is 1.50 bits per heavy atom. The topological polar surface area (TPSA) is 12.9 Å². The molecule has 0 unspecified atom stereocenters. The number of fused-ring (bicyclic) bond motifs is 1. The Balaban J connectivity index is 2.62. The van der Waals surface area contributed by atoms with Crippen LogP contribution in [-0.2, 0) is 0 Å². The molecular weight excluding hydrogens is 190 g/mol. The van der Waals surface area contributed by atoms with E-state index in [1.807, 2.05) is 18.3 Å². The van der Waals surface area contributed by atoms with Crippen molar-refractivity contribution >= 4 is 27.6 Å². The third-order valence-corrected chi connectivity index (χ3v) is 3.31. The van der Waals surface area contributed by atoms with E-state index >= 15 is 0 Å². The van der Waals surface area contributed by atoms with Gasteiger partial charge in [0, 0.05) is 11.1 Å². The molecule has 0 saturated heterocycles. The van der Waals surface area contributed by atoms with Gasteiger partial charge in [-0.05, 0) is 30.7 Å². The number of hydrogen-bond acceptors (Lipinski definition) is 2. The van der Waals surface area contributed by atoms with Crippen LogP contribution < -0.4 is 0 Å². The Hall–Kier alpha value is -1.41. The first kappa shape index (κ1) is 9.16. The number of thiophene rings is 1. The summed E-state index contributed by atoms with van der Waals surface area (Å²) in [6, 6.07) is 4.07. The van der Waals surface area contributed by atoms with E-state index in [1.54, 1.807) is 17.4 Å². The molecule has 0 aliphatic rings. The van der Waals surface area contributed by atoms with Crippen molar-refractivity contribution < 1.29 is 0 Å². The molecule has 2 heterocycles. The third kappa shape index (κ3) is 1.49. The summed E-state index contributed by atoms with van der Waals surface area (Å²) < 4.78 is 1.24. The molecule has 0 bridgehead atoms. The second kappa shape index (κ2) is 3.76. The van der Waals surface area contributed by atoms with Gasteiger partial charge in [-0.15, -0.1) is 11.3 Å². The third-order valence-electron chi connectivity index (χ3n) is 2.10. The van der Waals surface area contributed by atoms with Crippen molar-refractivity contribution in [2.75, 3.05) is 0 Å². The Morgan fingerprint density at radius 2 is 2.36 bits per heavy atom. The van der Waals surface area contributed by atoms with Crippen LogP contribution in [0.5, 0.6) is 0 Å². The minimum atomic E-state index is 1.11. The van der Waals surface area contributed by atoms with Crippen molar-refractivity contribution in [1.29, 1.82) is 0 Å². The number of nitrogens with zero attached hydrogens (tertiary/aromatic N) is 1. The van der Waals surface area contributed by atoms with Gasteiger partial charge in [-0.25, -0.2) is 0 Å². The van der Waals surface area contributed by atoms with E-state index in [2.05, 4.69) is 30.6 Å². The van der Waals surface area contributed by atoms with Crippen molar-refractivity contribution in [2.24, 2.45) is 0 Å². The highest BCUT2D eigenvalue weighted by Gasteiger charge is 2.05. The van der Waals surface area contributed by atoms with Gasteiger partial charge in [0.05, 0.1) is 10.2 Å². The first-order valence-electron chi connectivity index (χ1n) is 4.46. The predicted molar refractivity (Wildman–Crippen MR) is 63.6 cm³/mol. The molecule has 0 amide bonds. The number of hydrogen-bond donors (Lipinski definition) is 0. The highest BCUT2D eigenvalue weighted by atomic mass is 32.1. The summed E-state index contributed by atoms with van der Waals surface area (Å²) >= 11 is 1.77. The normalized spacial score (nSPS) is 11.2. The molecule has 1 nitrogen and oxygen atoms in total. The molecule has 2 aromatic rings. The zero-order valence-electron chi connectivity index (χ0n) is 8.03. The van der Waals surface area contributed by atoms with Crippen LogP contribution in [0.1, 0.15) is 10.4 Å². The van der Waals surface area contributed by atoms with Crippen LogP contribution in [0.3, 0.4) is 0 Å². The van der Waals surface area contributed by atoms with E-state index in [4.69, 9.17) is 0 Å². The lowest BCUT2D eigenvalue weighted by atomic mass is 10.2. The summed E-state index contributed by atoms with van der Waals surface area (Å²) in [7, 11) is 0. The van der Waals surface area contributed by atoms with Gasteiger partial charge in [0.1, 0.15) is 0 Å². The van der Waals surface area contributed by atoms with Crippen molar-refractivity contribution in [1.82, 2.24) is 4.98 Å². The lowest BCUT2D eigenvalue weighted by Crippen LogP contribution is -1.74. The number of pyridine rings is 1. The summed E-state index contributed by atoms with van der Waals surface area (Å²) in [5.74, 6) is 0. The van der Waals surface area contributed by atoms with Crippen LogP contribution in [0.15, 0.2) is 37.1 Å². The second-order valence-electron chi connectivity index (χ2n) is 3.04. The zero-order chi connectivity index (χ0) is 9.97. The fourth-order valence-corrected chi connectivity index (χ4v) is 2.46. The number of aromatic nitrogens is 1. The number of allylic oxidation sites excluding steroid dienone is 2. The van der Waals surface area contributed by atoms with Gasteiger partial charge >= 0.3 is 0 Å². The summed E-state index contributed by atoms with van der Waals surface area (Å²) in [6.07, 6.45) is 7.66.